The summed E-state index contributed by atoms with van der Waals surface area (Å²) >= 11 is 0. The first-order valence-electron chi connectivity index (χ1n) is 11.6. The number of urea groups is 1. The molecule has 0 bridgehead atoms. The maximum Gasteiger partial charge on any atom is 0.340 e. The van der Waals surface area contributed by atoms with E-state index in [1.807, 2.05) is 60.7 Å². The van der Waals surface area contributed by atoms with Gasteiger partial charge in [0.25, 0.3) is 0 Å². The van der Waals surface area contributed by atoms with Crippen LogP contribution >= 0.6 is 7.60 Å². The fraction of sp³-hybridized carbons (Fsp3) is 0.440. The molecule has 0 aliphatic carbocycles. The minimum Gasteiger partial charge on any atom is -0.315 e. The Kier molecular flexibility index (Phi) is 8.84. The zero-order chi connectivity index (χ0) is 23.8. The number of imide groups is 1. The highest BCUT2D eigenvalue weighted by Crippen LogP contribution is 2.51. The smallest absolute Gasteiger partial charge is 0.315 e. The van der Waals surface area contributed by atoms with Crippen LogP contribution in [0.25, 0.3) is 0 Å². The van der Waals surface area contributed by atoms with Crippen LogP contribution in [-0.4, -0.2) is 47.7 Å². The predicted octanol–water partition coefficient (Wildman–Crippen LogP) is 5.80. The van der Waals surface area contributed by atoms with E-state index in [4.69, 9.17) is 9.05 Å². The van der Waals surface area contributed by atoms with E-state index in [1.165, 1.54) is 4.90 Å². The summed E-state index contributed by atoms with van der Waals surface area (Å²) in [6.45, 7) is 6.28. The maximum atomic E-state index is 13.7. The zero-order valence-corrected chi connectivity index (χ0v) is 20.4. The van der Waals surface area contributed by atoms with Crippen LogP contribution in [0.3, 0.4) is 0 Å². The molecule has 0 N–H and O–H groups in total. The van der Waals surface area contributed by atoms with Crippen molar-refractivity contribution in [3.05, 3.63) is 71.8 Å². The normalized spacial score (nSPS) is 18.7. The number of nitrogens with zero attached hydrogens (tertiary/aromatic N) is 2. The van der Waals surface area contributed by atoms with Gasteiger partial charge in [-0.1, -0.05) is 74.0 Å². The van der Waals surface area contributed by atoms with Gasteiger partial charge in [-0.2, -0.15) is 0 Å². The summed E-state index contributed by atoms with van der Waals surface area (Å²) in [5, 5.41) is 0. The van der Waals surface area contributed by atoms with Crippen molar-refractivity contribution in [2.24, 2.45) is 0 Å². The van der Waals surface area contributed by atoms with E-state index in [2.05, 4.69) is 6.92 Å². The number of carbonyl (C=O) groups excluding carboxylic acids is 2. The Morgan fingerprint density at radius 2 is 1.39 bits per heavy atom. The summed E-state index contributed by atoms with van der Waals surface area (Å²) in [6, 6.07) is 18.0. The molecule has 2 aromatic rings. The molecule has 7 nitrogen and oxygen atoms in total. The lowest BCUT2D eigenvalue weighted by Crippen LogP contribution is -2.39. The van der Waals surface area contributed by atoms with E-state index < -0.39 is 25.7 Å². The monoisotopic (exact) mass is 472 g/mol. The molecule has 2 atom stereocenters. The third-order valence-corrected chi connectivity index (χ3v) is 7.61. The SMILES string of the molecule is CCCCN1C(=O)N(C(=O)CP(=O)(OCC)OCC)[C@@H](c2ccccc2)[C@@H]1c1ccccc1. The third kappa shape index (κ3) is 5.72. The minimum atomic E-state index is -3.67. The van der Waals surface area contributed by atoms with Gasteiger partial charge in [0.1, 0.15) is 6.16 Å². The van der Waals surface area contributed by atoms with Crippen molar-refractivity contribution >= 4 is 19.5 Å². The second-order valence-corrected chi connectivity index (χ2v) is 9.96. The molecule has 2 aromatic carbocycles. The van der Waals surface area contributed by atoms with Crippen LogP contribution in [0.1, 0.15) is 56.8 Å². The van der Waals surface area contributed by atoms with E-state index >= 15 is 0 Å². The molecule has 1 saturated heterocycles. The van der Waals surface area contributed by atoms with Crippen LogP contribution in [0.4, 0.5) is 4.79 Å². The molecule has 3 rings (SSSR count). The number of benzene rings is 2. The molecular formula is C25H33N2O5P. The summed E-state index contributed by atoms with van der Waals surface area (Å²) in [5.74, 6) is -0.556. The quantitative estimate of drug-likeness (QED) is 0.387. The molecule has 8 heteroatoms. The van der Waals surface area contributed by atoms with Crippen molar-refractivity contribution in [2.45, 2.75) is 45.7 Å². The van der Waals surface area contributed by atoms with Crippen LogP contribution < -0.4 is 0 Å². The number of hydrogen-bond acceptors (Lipinski definition) is 5. The average molecular weight is 473 g/mol. The molecule has 0 radical (unpaired) electrons. The Labute approximate surface area is 196 Å². The van der Waals surface area contributed by atoms with Gasteiger partial charge in [-0.3, -0.25) is 14.3 Å². The van der Waals surface area contributed by atoms with E-state index in [0.29, 0.717) is 6.54 Å². The van der Waals surface area contributed by atoms with Crippen LogP contribution in [0.5, 0.6) is 0 Å². The summed E-state index contributed by atoms with van der Waals surface area (Å²) < 4.78 is 23.8. The Hall–Kier alpha value is -2.47. The summed E-state index contributed by atoms with van der Waals surface area (Å²) in [7, 11) is -3.67. The Morgan fingerprint density at radius 3 is 1.88 bits per heavy atom. The highest BCUT2D eigenvalue weighted by Gasteiger charge is 2.50. The molecule has 3 amide bonds. The Morgan fingerprint density at radius 1 is 0.879 bits per heavy atom. The van der Waals surface area contributed by atoms with Crippen molar-refractivity contribution in [2.75, 3.05) is 25.9 Å². The molecule has 1 fully saturated rings. The Balaban J connectivity index is 2.07. The van der Waals surface area contributed by atoms with Gasteiger partial charge in [0.15, 0.2) is 0 Å². The third-order valence-electron chi connectivity index (χ3n) is 5.65. The molecular weight excluding hydrogens is 439 g/mol. The van der Waals surface area contributed by atoms with Gasteiger partial charge in [0.2, 0.25) is 5.91 Å². The minimum absolute atomic E-state index is 0.149. The van der Waals surface area contributed by atoms with Crippen molar-refractivity contribution in [1.82, 2.24) is 9.80 Å². The highest BCUT2D eigenvalue weighted by atomic mass is 31.2. The van der Waals surface area contributed by atoms with Gasteiger partial charge in [0.05, 0.1) is 25.3 Å². The van der Waals surface area contributed by atoms with Crippen LogP contribution in [0, 0.1) is 0 Å². The Bertz CT molecular complexity index is 959. The molecule has 0 unspecified atom stereocenters. The average Bonchev–Trinajstić information content (AvgIpc) is 3.11. The maximum absolute atomic E-state index is 13.7. The van der Waals surface area contributed by atoms with E-state index in [1.54, 1.807) is 18.7 Å². The second-order valence-electron chi connectivity index (χ2n) is 7.91. The van der Waals surface area contributed by atoms with E-state index in [-0.39, 0.29) is 25.3 Å². The van der Waals surface area contributed by atoms with Gasteiger partial charge in [-0.25, -0.2) is 4.79 Å². The number of rotatable bonds is 11. The van der Waals surface area contributed by atoms with Crippen LogP contribution in [0.2, 0.25) is 0 Å². The molecule has 0 aromatic heterocycles. The first-order valence-corrected chi connectivity index (χ1v) is 13.3. The lowest BCUT2D eigenvalue weighted by Gasteiger charge is -2.28. The molecule has 1 aliphatic rings. The zero-order valence-electron chi connectivity index (χ0n) is 19.6. The number of hydrogen-bond donors (Lipinski definition) is 0. The van der Waals surface area contributed by atoms with Crippen molar-refractivity contribution in [1.29, 1.82) is 0 Å². The van der Waals surface area contributed by atoms with Crippen molar-refractivity contribution in [3.63, 3.8) is 0 Å². The molecule has 1 aliphatic heterocycles. The number of unbranched alkanes of at least 4 members (excludes halogenated alkanes) is 1. The molecule has 33 heavy (non-hydrogen) atoms. The van der Waals surface area contributed by atoms with Gasteiger partial charge in [-0.15, -0.1) is 0 Å². The highest BCUT2D eigenvalue weighted by molar-refractivity contribution is 7.54. The molecule has 178 valence electrons. The van der Waals surface area contributed by atoms with Gasteiger partial charge in [0, 0.05) is 6.54 Å². The number of carbonyl (C=O) groups is 2. The lowest BCUT2D eigenvalue weighted by atomic mass is 9.93. The molecule has 0 spiro atoms. The van der Waals surface area contributed by atoms with Gasteiger partial charge >= 0.3 is 13.6 Å². The van der Waals surface area contributed by atoms with Crippen molar-refractivity contribution < 1.29 is 23.2 Å². The largest absolute Gasteiger partial charge is 0.340 e. The summed E-state index contributed by atoms with van der Waals surface area (Å²) in [6.07, 6.45) is 1.25. The summed E-state index contributed by atoms with van der Waals surface area (Å²) in [5.41, 5.74) is 1.79. The second kappa shape index (κ2) is 11.6. The summed E-state index contributed by atoms with van der Waals surface area (Å²) in [4.78, 5) is 30.3. The first kappa shape index (κ1) is 25.2. The van der Waals surface area contributed by atoms with Crippen molar-refractivity contribution in [3.8, 4) is 0 Å². The fourth-order valence-corrected chi connectivity index (χ4v) is 5.80. The van der Waals surface area contributed by atoms with E-state index in [0.717, 1.165) is 24.0 Å². The van der Waals surface area contributed by atoms with Gasteiger partial charge in [-0.05, 0) is 31.4 Å². The topological polar surface area (TPSA) is 76.2 Å². The molecule has 0 saturated carbocycles. The van der Waals surface area contributed by atoms with Crippen LogP contribution in [0.15, 0.2) is 60.7 Å². The van der Waals surface area contributed by atoms with Gasteiger partial charge < -0.3 is 13.9 Å². The number of amides is 3. The predicted molar refractivity (Wildman–Crippen MR) is 128 cm³/mol. The lowest BCUT2D eigenvalue weighted by molar-refractivity contribution is -0.127. The standard InChI is InChI=1S/C25H33N2O5P/c1-4-7-18-26-23(20-14-10-8-11-15-20)24(21-16-12-9-13-17-21)27(25(26)29)22(28)19-33(30,31-5-2)32-6-3/h8-17,23-24H,4-7,18-19H2,1-3H3/t23-,24-/m0/s1. The van der Waals surface area contributed by atoms with Crippen LogP contribution in [-0.2, 0) is 18.4 Å². The van der Waals surface area contributed by atoms with E-state index in [9.17, 15) is 14.2 Å². The first-order chi connectivity index (χ1) is 16.0. The molecule has 1 heterocycles. The fourth-order valence-electron chi connectivity index (χ4n) is 4.27.